The Hall–Kier alpha value is -1.87. The molecule has 2 aromatic rings. The number of rotatable bonds is 4. The first-order valence-corrected chi connectivity index (χ1v) is 6.18. The molecule has 0 bridgehead atoms. The molecule has 3 heteroatoms. The Morgan fingerprint density at radius 3 is 2.47 bits per heavy atom. The molecular weight excluding hydrogens is 243 g/mol. The summed E-state index contributed by atoms with van der Waals surface area (Å²) in [6.45, 7) is 1.69. The van der Waals surface area contributed by atoms with Crippen LogP contribution >= 0.6 is 0 Å². The number of aliphatic hydroxyl groups excluding tert-OH is 1. The van der Waals surface area contributed by atoms with E-state index < -0.39 is 6.10 Å². The lowest BCUT2D eigenvalue weighted by atomic mass is 9.99. The lowest BCUT2D eigenvalue weighted by molar-refractivity contribution is 0.173. The van der Waals surface area contributed by atoms with Crippen LogP contribution in [0.4, 0.5) is 4.39 Å². The summed E-state index contributed by atoms with van der Waals surface area (Å²) in [6.07, 6.45) is -0.460. The molecule has 0 fully saturated rings. The molecular formula is C16H17FO2. The van der Waals surface area contributed by atoms with Crippen LogP contribution in [0.3, 0.4) is 0 Å². The van der Waals surface area contributed by atoms with E-state index in [2.05, 4.69) is 0 Å². The van der Waals surface area contributed by atoms with Crippen LogP contribution in [0.15, 0.2) is 42.5 Å². The highest BCUT2D eigenvalue weighted by atomic mass is 19.1. The van der Waals surface area contributed by atoms with Gasteiger partial charge in [-0.05, 0) is 30.2 Å². The number of methoxy groups -OCH3 is 1. The number of ether oxygens (including phenoxy) is 1. The van der Waals surface area contributed by atoms with Crippen molar-refractivity contribution in [1.29, 1.82) is 0 Å². The molecule has 2 nitrogen and oxygen atoms in total. The van der Waals surface area contributed by atoms with Crippen molar-refractivity contribution in [2.45, 2.75) is 19.4 Å². The van der Waals surface area contributed by atoms with Crippen LogP contribution in [0.1, 0.15) is 22.8 Å². The minimum Gasteiger partial charge on any atom is -0.497 e. The van der Waals surface area contributed by atoms with Crippen molar-refractivity contribution in [2.75, 3.05) is 7.11 Å². The molecule has 0 aromatic heterocycles. The van der Waals surface area contributed by atoms with E-state index in [4.69, 9.17) is 4.74 Å². The number of benzene rings is 2. The average Bonchev–Trinajstić information content (AvgIpc) is 2.42. The van der Waals surface area contributed by atoms with E-state index in [-0.39, 0.29) is 5.82 Å². The van der Waals surface area contributed by atoms with Crippen LogP contribution in [0, 0.1) is 12.7 Å². The van der Waals surface area contributed by atoms with Gasteiger partial charge in [0.1, 0.15) is 11.6 Å². The van der Waals surface area contributed by atoms with Gasteiger partial charge in [0.2, 0.25) is 0 Å². The second-order valence-corrected chi connectivity index (χ2v) is 4.55. The minimum atomic E-state index is -0.840. The van der Waals surface area contributed by atoms with E-state index in [9.17, 15) is 9.50 Å². The summed E-state index contributed by atoms with van der Waals surface area (Å²) in [6, 6.07) is 12.5. The normalized spacial score (nSPS) is 12.2. The van der Waals surface area contributed by atoms with Gasteiger partial charge in [0.05, 0.1) is 13.2 Å². The third-order valence-corrected chi connectivity index (χ3v) is 3.17. The van der Waals surface area contributed by atoms with Crippen molar-refractivity contribution in [3.05, 3.63) is 65.0 Å². The van der Waals surface area contributed by atoms with Crippen LogP contribution in [-0.4, -0.2) is 12.2 Å². The number of aliphatic hydroxyl groups is 1. The van der Waals surface area contributed by atoms with Crippen molar-refractivity contribution in [3.63, 3.8) is 0 Å². The van der Waals surface area contributed by atoms with Gasteiger partial charge in [0.25, 0.3) is 0 Å². The molecule has 2 aromatic carbocycles. The fourth-order valence-electron chi connectivity index (χ4n) is 2.02. The average molecular weight is 260 g/mol. The van der Waals surface area contributed by atoms with Gasteiger partial charge in [-0.1, -0.05) is 30.3 Å². The molecule has 0 saturated carbocycles. The number of hydrogen-bond donors (Lipinski definition) is 1. The zero-order valence-corrected chi connectivity index (χ0v) is 11.1. The van der Waals surface area contributed by atoms with Crippen molar-refractivity contribution in [2.24, 2.45) is 0 Å². The smallest absolute Gasteiger partial charge is 0.131 e. The van der Waals surface area contributed by atoms with Gasteiger partial charge in [0.15, 0.2) is 0 Å². The van der Waals surface area contributed by atoms with E-state index in [1.54, 1.807) is 32.2 Å². The molecule has 19 heavy (non-hydrogen) atoms. The van der Waals surface area contributed by atoms with Gasteiger partial charge >= 0.3 is 0 Å². The zero-order chi connectivity index (χ0) is 13.8. The molecule has 1 N–H and O–H groups in total. The molecule has 0 aliphatic carbocycles. The minimum absolute atomic E-state index is 0.330. The summed E-state index contributed by atoms with van der Waals surface area (Å²) in [5.74, 6) is 0.434. The highest BCUT2D eigenvalue weighted by Gasteiger charge is 2.14. The van der Waals surface area contributed by atoms with Gasteiger partial charge in [-0.2, -0.15) is 0 Å². The SMILES string of the molecule is COc1ccc(CC(O)c2cccc(C)c2F)cc1. The van der Waals surface area contributed by atoms with Crippen LogP contribution in [-0.2, 0) is 6.42 Å². The first kappa shape index (κ1) is 13.6. The Morgan fingerprint density at radius 2 is 1.84 bits per heavy atom. The maximum Gasteiger partial charge on any atom is 0.131 e. The van der Waals surface area contributed by atoms with Gasteiger partial charge in [-0.15, -0.1) is 0 Å². The quantitative estimate of drug-likeness (QED) is 0.912. The van der Waals surface area contributed by atoms with E-state index >= 15 is 0 Å². The van der Waals surface area contributed by atoms with Crippen LogP contribution in [0.2, 0.25) is 0 Å². The third kappa shape index (κ3) is 3.12. The molecule has 0 heterocycles. The maximum absolute atomic E-state index is 13.9. The van der Waals surface area contributed by atoms with E-state index in [1.165, 1.54) is 0 Å². The van der Waals surface area contributed by atoms with Crippen molar-refractivity contribution in [3.8, 4) is 5.75 Å². The Labute approximate surface area is 112 Å². The Morgan fingerprint density at radius 1 is 1.16 bits per heavy atom. The molecule has 0 aliphatic heterocycles. The monoisotopic (exact) mass is 260 g/mol. The number of aryl methyl sites for hydroxylation is 1. The molecule has 1 unspecified atom stereocenters. The third-order valence-electron chi connectivity index (χ3n) is 3.17. The first-order chi connectivity index (χ1) is 9.11. The van der Waals surface area contributed by atoms with E-state index in [0.717, 1.165) is 11.3 Å². The van der Waals surface area contributed by atoms with E-state index in [0.29, 0.717) is 17.5 Å². The second kappa shape index (κ2) is 5.85. The molecule has 0 aliphatic rings. The molecule has 0 radical (unpaired) electrons. The van der Waals surface area contributed by atoms with Gasteiger partial charge in [-0.3, -0.25) is 0 Å². The molecule has 2 rings (SSSR count). The highest BCUT2D eigenvalue weighted by Crippen LogP contribution is 2.23. The largest absolute Gasteiger partial charge is 0.497 e. The van der Waals surface area contributed by atoms with Gasteiger partial charge in [0, 0.05) is 12.0 Å². The summed E-state index contributed by atoms with van der Waals surface area (Å²) < 4.78 is 19.0. The molecule has 100 valence electrons. The Kier molecular flexibility index (Phi) is 4.17. The zero-order valence-electron chi connectivity index (χ0n) is 11.1. The summed E-state index contributed by atoms with van der Waals surface area (Å²) in [5.41, 5.74) is 1.83. The van der Waals surface area contributed by atoms with E-state index in [1.807, 2.05) is 24.3 Å². The van der Waals surface area contributed by atoms with Gasteiger partial charge < -0.3 is 9.84 Å². The Balaban J connectivity index is 2.15. The fourth-order valence-corrected chi connectivity index (χ4v) is 2.02. The van der Waals surface area contributed by atoms with Gasteiger partial charge in [-0.25, -0.2) is 4.39 Å². The molecule has 0 amide bonds. The lowest BCUT2D eigenvalue weighted by Crippen LogP contribution is -2.05. The number of hydrogen-bond acceptors (Lipinski definition) is 2. The van der Waals surface area contributed by atoms with Crippen molar-refractivity contribution < 1.29 is 14.2 Å². The number of halogens is 1. The predicted molar refractivity (Wildman–Crippen MR) is 72.8 cm³/mol. The summed E-state index contributed by atoms with van der Waals surface area (Å²) in [5, 5.41) is 10.1. The standard InChI is InChI=1S/C16H17FO2/c1-11-4-3-5-14(16(11)17)15(18)10-12-6-8-13(19-2)9-7-12/h3-9,15,18H,10H2,1-2H3. The topological polar surface area (TPSA) is 29.5 Å². The Bertz CT molecular complexity index is 549. The molecule has 1 atom stereocenters. The lowest BCUT2D eigenvalue weighted by Gasteiger charge is -2.13. The van der Waals surface area contributed by atoms with Crippen LogP contribution in [0.5, 0.6) is 5.75 Å². The highest BCUT2D eigenvalue weighted by molar-refractivity contribution is 5.31. The van der Waals surface area contributed by atoms with Crippen LogP contribution in [0.25, 0.3) is 0 Å². The van der Waals surface area contributed by atoms with Crippen molar-refractivity contribution in [1.82, 2.24) is 0 Å². The summed E-state index contributed by atoms with van der Waals surface area (Å²) in [4.78, 5) is 0. The molecule has 0 spiro atoms. The summed E-state index contributed by atoms with van der Waals surface area (Å²) >= 11 is 0. The second-order valence-electron chi connectivity index (χ2n) is 4.55. The molecule has 0 saturated heterocycles. The predicted octanol–water partition coefficient (Wildman–Crippen LogP) is 3.42. The maximum atomic E-state index is 13.9. The first-order valence-electron chi connectivity index (χ1n) is 6.18. The summed E-state index contributed by atoms with van der Waals surface area (Å²) in [7, 11) is 1.60. The van der Waals surface area contributed by atoms with Crippen molar-refractivity contribution >= 4 is 0 Å². The fraction of sp³-hybridized carbons (Fsp3) is 0.250. The van der Waals surface area contributed by atoms with Crippen LogP contribution < -0.4 is 4.74 Å².